The van der Waals surface area contributed by atoms with Gasteiger partial charge in [0, 0.05) is 31.8 Å². The number of benzene rings is 1. The Hall–Kier alpha value is -1.34. The summed E-state index contributed by atoms with van der Waals surface area (Å²) in [6, 6.07) is 9.00. The summed E-state index contributed by atoms with van der Waals surface area (Å²) in [4.78, 5) is 2.48. The maximum Gasteiger partial charge on any atom is 0.104 e. The molecule has 0 saturated heterocycles. The number of aliphatic hydroxyl groups excluding tert-OH is 1. The molecule has 0 aromatic heterocycles. The van der Waals surface area contributed by atoms with Crippen LogP contribution in [0.2, 0.25) is 0 Å². The number of nitrogens with zero attached hydrogens (tertiary/aromatic N) is 1. The summed E-state index contributed by atoms with van der Waals surface area (Å²) < 4.78 is 5.17. The molecular formula is C16H21NO2. The highest BCUT2D eigenvalue weighted by Crippen LogP contribution is 2.28. The Labute approximate surface area is 115 Å². The molecule has 0 aliphatic heterocycles. The lowest BCUT2D eigenvalue weighted by Gasteiger charge is -2.21. The van der Waals surface area contributed by atoms with Gasteiger partial charge in [0.15, 0.2) is 0 Å². The first-order valence-corrected chi connectivity index (χ1v) is 6.75. The standard InChI is InChI=1S/C16H21NO2/c1-19-12-10-17(16-8-9-16)13-15-6-4-14(5-7-15)3-2-11-18/h4-7,16,18H,8-13H2,1H3. The minimum Gasteiger partial charge on any atom is -0.384 e. The molecule has 0 radical (unpaired) electrons. The number of aliphatic hydroxyl groups is 1. The van der Waals surface area contributed by atoms with Crippen molar-refractivity contribution in [2.24, 2.45) is 0 Å². The van der Waals surface area contributed by atoms with Crippen LogP contribution in [0.1, 0.15) is 24.0 Å². The summed E-state index contributed by atoms with van der Waals surface area (Å²) >= 11 is 0. The Balaban J connectivity index is 1.93. The minimum absolute atomic E-state index is 0.0891. The van der Waals surface area contributed by atoms with Crippen molar-refractivity contribution in [2.75, 3.05) is 26.9 Å². The predicted molar refractivity (Wildman–Crippen MR) is 75.7 cm³/mol. The maximum absolute atomic E-state index is 8.66. The van der Waals surface area contributed by atoms with E-state index < -0.39 is 0 Å². The average Bonchev–Trinajstić information content (AvgIpc) is 3.27. The van der Waals surface area contributed by atoms with Gasteiger partial charge in [-0.2, -0.15) is 0 Å². The van der Waals surface area contributed by atoms with Gasteiger partial charge in [-0.1, -0.05) is 24.0 Å². The lowest BCUT2D eigenvalue weighted by atomic mass is 10.1. The van der Waals surface area contributed by atoms with Gasteiger partial charge < -0.3 is 9.84 Å². The average molecular weight is 259 g/mol. The molecule has 2 rings (SSSR count). The highest BCUT2D eigenvalue weighted by molar-refractivity contribution is 5.36. The van der Waals surface area contributed by atoms with Crippen LogP contribution in [-0.4, -0.2) is 42.9 Å². The van der Waals surface area contributed by atoms with E-state index in [0.29, 0.717) is 0 Å². The van der Waals surface area contributed by atoms with Gasteiger partial charge in [-0.05, 0) is 30.5 Å². The van der Waals surface area contributed by atoms with Gasteiger partial charge in [0.25, 0.3) is 0 Å². The highest BCUT2D eigenvalue weighted by atomic mass is 16.5. The van der Waals surface area contributed by atoms with E-state index in [0.717, 1.165) is 31.3 Å². The van der Waals surface area contributed by atoms with Crippen LogP contribution >= 0.6 is 0 Å². The van der Waals surface area contributed by atoms with E-state index in [1.165, 1.54) is 18.4 Å². The molecular weight excluding hydrogens is 238 g/mol. The molecule has 1 fully saturated rings. The van der Waals surface area contributed by atoms with Gasteiger partial charge in [-0.25, -0.2) is 0 Å². The summed E-state index contributed by atoms with van der Waals surface area (Å²) in [6.07, 6.45) is 2.62. The van der Waals surface area contributed by atoms with Crippen molar-refractivity contribution in [3.8, 4) is 11.8 Å². The number of ether oxygens (including phenoxy) is 1. The summed E-state index contributed by atoms with van der Waals surface area (Å²) in [5, 5.41) is 8.66. The summed E-state index contributed by atoms with van der Waals surface area (Å²) in [6.45, 7) is 2.67. The fourth-order valence-corrected chi connectivity index (χ4v) is 2.11. The number of hydrogen-bond donors (Lipinski definition) is 1. The molecule has 0 heterocycles. The summed E-state index contributed by atoms with van der Waals surface area (Å²) in [7, 11) is 1.75. The number of hydrogen-bond acceptors (Lipinski definition) is 3. The van der Waals surface area contributed by atoms with Crippen molar-refractivity contribution >= 4 is 0 Å². The van der Waals surface area contributed by atoms with Crippen molar-refractivity contribution < 1.29 is 9.84 Å². The molecule has 19 heavy (non-hydrogen) atoms. The fourth-order valence-electron chi connectivity index (χ4n) is 2.11. The smallest absolute Gasteiger partial charge is 0.104 e. The van der Waals surface area contributed by atoms with Crippen LogP contribution in [0, 0.1) is 11.8 Å². The van der Waals surface area contributed by atoms with E-state index in [2.05, 4.69) is 28.9 Å². The normalized spacial score (nSPS) is 14.3. The predicted octanol–water partition coefficient (Wildman–Crippen LogP) is 1.64. The van der Waals surface area contributed by atoms with Crippen molar-refractivity contribution in [2.45, 2.75) is 25.4 Å². The van der Waals surface area contributed by atoms with Gasteiger partial charge in [0.2, 0.25) is 0 Å². The zero-order valence-corrected chi connectivity index (χ0v) is 11.4. The van der Waals surface area contributed by atoms with E-state index in [-0.39, 0.29) is 6.61 Å². The first-order valence-electron chi connectivity index (χ1n) is 6.75. The fraction of sp³-hybridized carbons (Fsp3) is 0.500. The third kappa shape index (κ3) is 4.68. The van der Waals surface area contributed by atoms with E-state index in [9.17, 15) is 0 Å². The molecule has 0 atom stereocenters. The zero-order valence-electron chi connectivity index (χ0n) is 11.4. The molecule has 1 aliphatic rings. The number of methoxy groups -OCH3 is 1. The van der Waals surface area contributed by atoms with Crippen LogP contribution in [0.3, 0.4) is 0 Å². The second-order valence-electron chi connectivity index (χ2n) is 4.85. The van der Waals surface area contributed by atoms with Crippen LogP contribution in [-0.2, 0) is 11.3 Å². The van der Waals surface area contributed by atoms with Crippen molar-refractivity contribution in [3.63, 3.8) is 0 Å². The molecule has 1 aromatic rings. The van der Waals surface area contributed by atoms with Crippen LogP contribution < -0.4 is 0 Å². The lowest BCUT2D eigenvalue weighted by Crippen LogP contribution is -2.29. The molecule has 3 heteroatoms. The van der Waals surface area contributed by atoms with Crippen molar-refractivity contribution in [1.29, 1.82) is 0 Å². The molecule has 102 valence electrons. The Morgan fingerprint density at radius 1 is 1.32 bits per heavy atom. The van der Waals surface area contributed by atoms with E-state index in [1.54, 1.807) is 7.11 Å². The largest absolute Gasteiger partial charge is 0.384 e. The van der Waals surface area contributed by atoms with Crippen LogP contribution in [0.5, 0.6) is 0 Å². The number of rotatable bonds is 6. The Morgan fingerprint density at radius 2 is 2.05 bits per heavy atom. The molecule has 0 unspecified atom stereocenters. The summed E-state index contributed by atoms with van der Waals surface area (Å²) in [5.74, 6) is 5.57. The van der Waals surface area contributed by atoms with Crippen LogP contribution in [0.15, 0.2) is 24.3 Å². The van der Waals surface area contributed by atoms with Gasteiger partial charge in [0.05, 0.1) is 6.61 Å². The van der Waals surface area contributed by atoms with Crippen molar-refractivity contribution in [3.05, 3.63) is 35.4 Å². The Morgan fingerprint density at radius 3 is 2.63 bits per heavy atom. The SMILES string of the molecule is COCCN(Cc1ccc(C#CCO)cc1)C1CC1. The lowest BCUT2D eigenvalue weighted by molar-refractivity contribution is 0.139. The van der Waals surface area contributed by atoms with Crippen LogP contribution in [0.4, 0.5) is 0 Å². The maximum atomic E-state index is 8.66. The second-order valence-corrected chi connectivity index (χ2v) is 4.85. The van der Waals surface area contributed by atoms with Gasteiger partial charge in [0.1, 0.15) is 6.61 Å². The summed E-state index contributed by atoms with van der Waals surface area (Å²) in [5.41, 5.74) is 2.25. The Bertz CT molecular complexity index is 440. The van der Waals surface area contributed by atoms with E-state index in [4.69, 9.17) is 9.84 Å². The first-order chi connectivity index (χ1) is 9.33. The van der Waals surface area contributed by atoms with Gasteiger partial charge >= 0.3 is 0 Å². The molecule has 3 nitrogen and oxygen atoms in total. The second kappa shape index (κ2) is 7.30. The molecule has 1 aliphatic carbocycles. The first kappa shape index (κ1) is 14.1. The van der Waals surface area contributed by atoms with E-state index >= 15 is 0 Å². The van der Waals surface area contributed by atoms with Crippen LogP contribution in [0.25, 0.3) is 0 Å². The third-order valence-electron chi connectivity index (χ3n) is 3.30. The highest BCUT2D eigenvalue weighted by Gasteiger charge is 2.28. The molecule has 1 saturated carbocycles. The molecule has 0 bridgehead atoms. The Kier molecular flexibility index (Phi) is 5.41. The quantitative estimate of drug-likeness (QED) is 0.788. The monoisotopic (exact) mass is 259 g/mol. The van der Waals surface area contributed by atoms with Gasteiger partial charge in [-0.15, -0.1) is 0 Å². The van der Waals surface area contributed by atoms with E-state index in [1.807, 2.05) is 12.1 Å². The molecule has 1 aromatic carbocycles. The molecule has 0 amide bonds. The molecule has 1 N–H and O–H groups in total. The minimum atomic E-state index is -0.0891. The third-order valence-corrected chi connectivity index (χ3v) is 3.30. The van der Waals surface area contributed by atoms with Gasteiger partial charge in [-0.3, -0.25) is 4.90 Å². The topological polar surface area (TPSA) is 32.7 Å². The van der Waals surface area contributed by atoms with Crippen molar-refractivity contribution in [1.82, 2.24) is 4.90 Å². The molecule has 0 spiro atoms. The zero-order chi connectivity index (χ0) is 13.5.